The molecule has 20 nitrogen and oxygen atoms in total. The maximum atomic E-state index is 12.6. The quantitative estimate of drug-likeness (QED) is 0.107. The number of carbonyl (C=O) groups is 12. The molecule has 0 aromatic carbocycles. The lowest BCUT2D eigenvalue weighted by Crippen LogP contribution is -2.46. The summed E-state index contributed by atoms with van der Waals surface area (Å²) in [7, 11) is 0. The van der Waals surface area contributed by atoms with E-state index in [0.717, 1.165) is 31.1 Å². The Hall–Kier alpha value is -5.58. The van der Waals surface area contributed by atoms with E-state index >= 15 is 0 Å². The van der Waals surface area contributed by atoms with Crippen LogP contribution in [0.1, 0.15) is 26.7 Å². The molecule has 0 saturated carbocycles. The van der Waals surface area contributed by atoms with Gasteiger partial charge in [-0.1, -0.05) is 13.8 Å². The van der Waals surface area contributed by atoms with Crippen LogP contribution in [0.5, 0.6) is 0 Å². The van der Waals surface area contributed by atoms with Crippen molar-refractivity contribution in [2.75, 3.05) is 90.0 Å². The summed E-state index contributed by atoms with van der Waals surface area (Å²) in [6.07, 6.45) is 9.93. The van der Waals surface area contributed by atoms with Crippen molar-refractivity contribution in [3.05, 3.63) is 48.6 Å². The predicted octanol–water partition coefficient (Wildman–Crippen LogP) is -1.96. The van der Waals surface area contributed by atoms with Crippen molar-refractivity contribution in [3.8, 4) is 0 Å². The van der Waals surface area contributed by atoms with E-state index in [9.17, 15) is 57.5 Å². The molecule has 0 bridgehead atoms. The Labute approximate surface area is 365 Å². The van der Waals surface area contributed by atoms with Crippen molar-refractivity contribution in [3.63, 3.8) is 0 Å². The van der Waals surface area contributed by atoms with Crippen molar-refractivity contribution in [2.24, 2.45) is 0 Å². The molecule has 22 heteroatoms. The van der Waals surface area contributed by atoms with Gasteiger partial charge in [-0.15, -0.1) is 23.5 Å². The number of hydrogen-bond acceptors (Lipinski definition) is 16. The average Bonchev–Trinajstić information content (AvgIpc) is 4.05. The monoisotopic (exact) mass is 896 g/mol. The number of likely N-dealkylation sites (tertiary alicyclic amines) is 2. The minimum Gasteiger partial charge on any atom is -0.298 e. The number of nitrogens with zero attached hydrogens (tertiary/aromatic N) is 8. The lowest BCUT2D eigenvalue weighted by Gasteiger charge is -2.28. The van der Waals surface area contributed by atoms with Gasteiger partial charge in [0, 0.05) is 140 Å². The highest BCUT2D eigenvalue weighted by atomic mass is 32.2. The van der Waals surface area contributed by atoms with Crippen LogP contribution in [-0.2, 0) is 57.5 Å². The highest BCUT2D eigenvalue weighted by molar-refractivity contribution is 8.00. The van der Waals surface area contributed by atoms with Crippen LogP contribution < -0.4 is 0 Å². The van der Waals surface area contributed by atoms with Gasteiger partial charge in [0.05, 0.1) is 10.5 Å². The number of hydrogen-bond donors (Lipinski definition) is 0. The maximum Gasteiger partial charge on any atom is 0.253 e. The van der Waals surface area contributed by atoms with Crippen LogP contribution in [0.3, 0.4) is 0 Å². The van der Waals surface area contributed by atoms with Crippen LogP contribution in [-0.4, -0.2) is 211 Å². The fourth-order valence-corrected chi connectivity index (χ4v) is 9.03. The Balaban J connectivity index is 0.000000238. The van der Waals surface area contributed by atoms with Crippen LogP contribution in [0.25, 0.3) is 0 Å². The van der Waals surface area contributed by atoms with Gasteiger partial charge in [-0.3, -0.25) is 96.7 Å². The molecule has 6 aliphatic heterocycles. The predicted molar refractivity (Wildman–Crippen MR) is 223 cm³/mol. The second-order valence-electron chi connectivity index (χ2n) is 14.4. The molecular formula is C40H48N8O12S2. The first-order valence-corrected chi connectivity index (χ1v) is 22.2. The second-order valence-corrected chi connectivity index (χ2v) is 17.4. The normalized spacial score (nSPS) is 21.2. The highest BCUT2D eigenvalue weighted by Gasteiger charge is 2.40. The Morgan fingerprint density at radius 2 is 0.597 bits per heavy atom. The minimum atomic E-state index is -0.409. The third-order valence-electron chi connectivity index (χ3n) is 10.6. The summed E-state index contributed by atoms with van der Waals surface area (Å²) in [4.78, 5) is 154. The number of rotatable bonds is 22. The summed E-state index contributed by atoms with van der Waals surface area (Å²) in [6.45, 7) is 6.45. The van der Waals surface area contributed by atoms with Gasteiger partial charge in [0.1, 0.15) is 0 Å². The van der Waals surface area contributed by atoms with E-state index in [4.69, 9.17) is 0 Å². The van der Waals surface area contributed by atoms with Crippen LogP contribution in [0.4, 0.5) is 0 Å². The summed E-state index contributed by atoms with van der Waals surface area (Å²) in [5, 5.41) is -0.714. The molecule has 6 rings (SSSR count). The largest absolute Gasteiger partial charge is 0.298 e. The van der Waals surface area contributed by atoms with E-state index < -0.39 is 47.3 Å². The average molecular weight is 897 g/mol. The first-order chi connectivity index (χ1) is 29.6. The minimum absolute atomic E-state index is 0.116. The Kier molecular flexibility index (Phi) is 16.8. The molecular weight excluding hydrogens is 849 g/mol. The summed E-state index contributed by atoms with van der Waals surface area (Å²) < 4.78 is 0. The molecule has 0 N–H and O–H groups in total. The van der Waals surface area contributed by atoms with Crippen molar-refractivity contribution in [1.29, 1.82) is 0 Å². The molecule has 0 aromatic rings. The zero-order chi connectivity index (χ0) is 45.1. The first-order valence-electron chi connectivity index (χ1n) is 20.1. The summed E-state index contributed by atoms with van der Waals surface area (Å²) >= 11 is 2.90. The SMILES string of the molecule is CCSC1CC(=O)N(CCN(CCN2C(=O)C=CC2=O)CCN2C(=O)CC(SCC)C2=O)C1=O.O=C1C=CC(=O)N1CCN(CCN1C(=O)C=CC1=O)CCN1C(=O)C=CC1=O. The van der Waals surface area contributed by atoms with Gasteiger partial charge in [0.25, 0.3) is 47.3 Å². The standard InChI is InChI=1S/C22H30N4O6S2.C18H18N4O6/c1-3-33-15-13-19(29)25(21(15)31)11-8-23(7-10-24-17(27)5-6-18(24)28)9-12-26-20(30)14-16(22(26)32)34-4-2;23-13-1-2-14(24)20(13)10-7-19(8-11-21-15(25)3-4-16(21)26)9-12-22-17(27)5-6-18(22)28/h5-6,15-16H,3-4,7-14H2,1-2H3;1-6H,7-12H2. The first kappa shape index (κ1) is 47.5. The molecule has 0 aromatic heterocycles. The molecule has 0 aliphatic carbocycles. The molecule has 2 unspecified atom stereocenters. The van der Waals surface area contributed by atoms with Gasteiger partial charge in [-0.05, 0) is 11.5 Å². The molecule has 2 saturated heterocycles. The van der Waals surface area contributed by atoms with Crippen molar-refractivity contribution in [1.82, 2.24) is 39.2 Å². The molecule has 12 amide bonds. The van der Waals surface area contributed by atoms with Gasteiger partial charge < -0.3 is 0 Å². The molecule has 6 aliphatic rings. The molecule has 0 spiro atoms. The van der Waals surface area contributed by atoms with E-state index in [0.29, 0.717) is 19.6 Å². The molecule has 2 atom stereocenters. The van der Waals surface area contributed by atoms with Gasteiger partial charge in [0.2, 0.25) is 23.6 Å². The van der Waals surface area contributed by atoms with E-state index in [2.05, 4.69) is 0 Å². The maximum absolute atomic E-state index is 12.6. The fraction of sp³-hybridized carbons (Fsp3) is 0.500. The van der Waals surface area contributed by atoms with Crippen LogP contribution in [0.15, 0.2) is 48.6 Å². The summed E-state index contributed by atoms with van der Waals surface area (Å²) in [6, 6.07) is 0. The number of carbonyl (C=O) groups excluding carboxylic acids is 12. The van der Waals surface area contributed by atoms with Gasteiger partial charge >= 0.3 is 0 Å². The number of imide groups is 6. The van der Waals surface area contributed by atoms with E-state index in [1.165, 1.54) is 81.9 Å². The smallest absolute Gasteiger partial charge is 0.253 e. The molecule has 6 heterocycles. The van der Waals surface area contributed by atoms with E-state index in [1.54, 1.807) is 4.90 Å². The van der Waals surface area contributed by atoms with Crippen molar-refractivity contribution >= 4 is 94.4 Å². The Bertz CT molecular complexity index is 1790. The molecule has 0 radical (unpaired) electrons. The molecule has 62 heavy (non-hydrogen) atoms. The van der Waals surface area contributed by atoms with Gasteiger partial charge in [-0.2, -0.15) is 0 Å². The lowest BCUT2D eigenvalue weighted by molar-refractivity contribution is -0.140. The Morgan fingerprint density at radius 1 is 0.387 bits per heavy atom. The van der Waals surface area contributed by atoms with Crippen molar-refractivity contribution in [2.45, 2.75) is 37.2 Å². The van der Waals surface area contributed by atoms with Crippen molar-refractivity contribution < 1.29 is 57.5 Å². The fourth-order valence-electron chi connectivity index (χ4n) is 7.16. The third kappa shape index (κ3) is 11.9. The topological polar surface area (TPSA) is 231 Å². The zero-order valence-corrected chi connectivity index (χ0v) is 36.0. The molecule has 332 valence electrons. The third-order valence-corrected chi connectivity index (χ3v) is 12.8. The number of thioether (sulfide) groups is 2. The second kappa shape index (κ2) is 22.0. The van der Waals surface area contributed by atoms with Crippen LogP contribution in [0.2, 0.25) is 0 Å². The lowest BCUT2D eigenvalue weighted by atomic mass is 10.3. The summed E-state index contributed by atoms with van der Waals surface area (Å²) in [5.74, 6) is -2.58. The van der Waals surface area contributed by atoms with E-state index in [1.807, 2.05) is 18.7 Å². The zero-order valence-electron chi connectivity index (χ0n) is 34.4. The van der Waals surface area contributed by atoms with Crippen LogP contribution in [0, 0.1) is 0 Å². The van der Waals surface area contributed by atoms with Gasteiger partial charge in [0.15, 0.2) is 0 Å². The van der Waals surface area contributed by atoms with Gasteiger partial charge in [-0.25, -0.2) is 0 Å². The number of amides is 12. The van der Waals surface area contributed by atoms with E-state index in [-0.39, 0.29) is 106 Å². The molecule has 2 fully saturated rings. The highest BCUT2D eigenvalue weighted by Crippen LogP contribution is 2.26. The van der Waals surface area contributed by atoms with Crippen LogP contribution >= 0.6 is 23.5 Å². The Morgan fingerprint density at radius 3 is 0.806 bits per heavy atom. The summed E-state index contributed by atoms with van der Waals surface area (Å²) in [5.41, 5.74) is 0.